The quantitative estimate of drug-likeness (QED) is 0.173. The average molecular weight is 605 g/mol. The molecule has 0 aromatic heterocycles. The third-order valence-electron chi connectivity index (χ3n) is 10.0. The van der Waals surface area contributed by atoms with Crippen LogP contribution in [-0.2, 0) is 5.41 Å². The summed E-state index contributed by atoms with van der Waals surface area (Å²) in [6, 6.07) is 41.3. The van der Waals surface area contributed by atoms with Gasteiger partial charge in [-0.15, -0.1) is 0 Å². The Balaban J connectivity index is 0.00000100. The second kappa shape index (κ2) is 15.0. The van der Waals surface area contributed by atoms with Crippen molar-refractivity contribution < 1.29 is 0 Å². The monoisotopic (exact) mass is 604 g/mol. The largest absolute Gasteiger partial charge is 0.0839 e. The topological polar surface area (TPSA) is 0 Å². The van der Waals surface area contributed by atoms with Gasteiger partial charge >= 0.3 is 0 Å². The van der Waals surface area contributed by atoms with Gasteiger partial charge < -0.3 is 0 Å². The van der Waals surface area contributed by atoms with Gasteiger partial charge in [0.05, 0.1) is 0 Å². The lowest BCUT2D eigenvalue weighted by Gasteiger charge is -2.32. The van der Waals surface area contributed by atoms with Crippen LogP contribution in [0.4, 0.5) is 0 Å². The number of hydrogen-bond donors (Lipinski definition) is 0. The van der Waals surface area contributed by atoms with Gasteiger partial charge in [0, 0.05) is 5.92 Å². The molecule has 0 radical (unpaired) electrons. The van der Waals surface area contributed by atoms with Crippen molar-refractivity contribution in [1.82, 2.24) is 0 Å². The third-order valence-corrected chi connectivity index (χ3v) is 10.0. The number of hydrogen-bond acceptors (Lipinski definition) is 0. The van der Waals surface area contributed by atoms with Crippen LogP contribution in [0.3, 0.4) is 0 Å². The first-order chi connectivity index (χ1) is 22.6. The average Bonchev–Trinajstić information content (AvgIpc) is 3.47. The molecule has 7 rings (SSSR count). The molecule has 0 heterocycles. The van der Waals surface area contributed by atoms with Crippen LogP contribution in [0.25, 0.3) is 38.6 Å². The fraction of sp³-hybridized carbons (Fsp3) is 0.304. The van der Waals surface area contributed by atoms with Crippen molar-refractivity contribution in [2.75, 3.05) is 0 Å². The van der Waals surface area contributed by atoms with Gasteiger partial charge in [0.2, 0.25) is 0 Å². The zero-order chi connectivity index (χ0) is 32.7. The van der Waals surface area contributed by atoms with Gasteiger partial charge in [0.1, 0.15) is 0 Å². The summed E-state index contributed by atoms with van der Waals surface area (Å²) in [5, 5.41) is 2.66. The first kappa shape index (κ1) is 33.2. The Morgan fingerprint density at radius 3 is 2.17 bits per heavy atom. The zero-order valence-electron chi connectivity index (χ0n) is 29.2. The number of fused-ring (bicyclic) bond motifs is 3. The minimum atomic E-state index is 0.143. The van der Waals surface area contributed by atoms with Crippen molar-refractivity contribution in [2.24, 2.45) is 0 Å². The molecular weight excluding hydrogens is 553 g/mol. The highest BCUT2D eigenvalue weighted by Gasteiger charge is 2.31. The van der Waals surface area contributed by atoms with Crippen LogP contribution in [-0.4, -0.2) is 0 Å². The fourth-order valence-electron chi connectivity index (χ4n) is 7.66. The van der Waals surface area contributed by atoms with Crippen LogP contribution in [0.2, 0.25) is 0 Å². The Kier molecular flexibility index (Phi) is 10.8. The summed E-state index contributed by atoms with van der Waals surface area (Å²) >= 11 is 0. The van der Waals surface area contributed by atoms with Gasteiger partial charge in [0.25, 0.3) is 0 Å². The van der Waals surface area contributed by atoms with Crippen molar-refractivity contribution in [1.29, 1.82) is 0 Å². The highest BCUT2D eigenvalue weighted by atomic mass is 14.3. The Morgan fingerprint density at radius 1 is 0.696 bits per heavy atom. The summed E-state index contributed by atoms with van der Waals surface area (Å²) in [5.41, 5.74) is 14.2. The standard InChI is InChI=1S/C42H40.2C2H6/c1-4-27-42(3,5-2)39-26-25-30-13-6-7-16-34(30)41(39)33-15-12-14-32(28-33)29-21-23-31(24-22-29)40-37-19-10-8-17-35(37)36-18-9-11-20-38(36)40;2*1-2/h6-8,10-17,19-26,28,40H,4-5,9,18,27H2,1-3H3;2*1-2H3. The lowest BCUT2D eigenvalue weighted by molar-refractivity contribution is 0.415. The molecule has 5 aromatic rings. The minimum absolute atomic E-state index is 0.143. The molecule has 0 aliphatic heterocycles. The van der Waals surface area contributed by atoms with Crippen molar-refractivity contribution in [3.8, 4) is 22.3 Å². The molecule has 46 heavy (non-hydrogen) atoms. The molecule has 0 bridgehead atoms. The summed E-state index contributed by atoms with van der Waals surface area (Å²) in [6.07, 6.45) is 10.5. The van der Waals surface area contributed by atoms with E-state index in [1.165, 1.54) is 73.7 Å². The van der Waals surface area contributed by atoms with Gasteiger partial charge in [-0.3, -0.25) is 0 Å². The molecule has 0 nitrogen and oxygen atoms in total. The van der Waals surface area contributed by atoms with Crippen LogP contribution in [0.15, 0.2) is 127 Å². The van der Waals surface area contributed by atoms with Gasteiger partial charge in [-0.1, -0.05) is 170 Å². The molecule has 0 amide bonds. The Morgan fingerprint density at radius 2 is 1.41 bits per heavy atom. The second-order valence-corrected chi connectivity index (χ2v) is 12.5. The molecular formula is C46H52. The summed E-state index contributed by atoms with van der Waals surface area (Å²) in [7, 11) is 0. The second-order valence-electron chi connectivity index (χ2n) is 12.5. The van der Waals surface area contributed by atoms with Crippen LogP contribution >= 0.6 is 0 Å². The van der Waals surface area contributed by atoms with Crippen LogP contribution in [0, 0.1) is 0 Å². The molecule has 0 spiro atoms. The molecule has 0 heteroatoms. The normalized spacial score (nSPS) is 16.0. The van der Waals surface area contributed by atoms with E-state index in [1.807, 2.05) is 27.7 Å². The highest BCUT2D eigenvalue weighted by Crippen LogP contribution is 2.49. The summed E-state index contributed by atoms with van der Waals surface area (Å²) in [6.45, 7) is 15.1. The van der Waals surface area contributed by atoms with Crippen molar-refractivity contribution >= 4 is 16.3 Å². The van der Waals surface area contributed by atoms with E-state index in [1.54, 1.807) is 5.57 Å². The fourth-order valence-corrected chi connectivity index (χ4v) is 7.66. The summed E-state index contributed by atoms with van der Waals surface area (Å²) in [5.74, 6) is 0.330. The predicted octanol–water partition coefficient (Wildman–Crippen LogP) is 13.9. The first-order valence-electron chi connectivity index (χ1n) is 17.8. The maximum absolute atomic E-state index is 2.45. The zero-order valence-corrected chi connectivity index (χ0v) is 29.2. The van der Waals surface area contributed by atoms with Crippen LogP contribution in [0.5, 0.6) is 0 Å². The van der Waals surface area contributed by atoms with E-state index in [-0.39, 0.29) is 5.41 Å². The smallest absolute Gasteiger partial charge is 0.0348 e. The van der Waals surface area contributed by atoms with E-state index < -0.39 is 0 Å². The van der Waals surface area contributed by atoms with Crippen molar-refractivity contribution in [3.63, 3.8) is 0 Å². The van der Waals surface area contributed by atoms with Gasteiger partial charge in [-0.05, 0) is 104 Å². The molecule has 0 saturated heterocycles. The molecule has 236 valence electrons. The number of allylic oxidation sites excluding steroid dienone is 4. The summed E-state index contributed by atoms with van der Waals surface area (Å²) < 4.78 is 0. The van der Waals surface area contributed by atoms with Crippen LogP contribution < -0.4 is 0 Å². The molecule has 0 N–H and O–H groups in total. The maximum atomic E-state index is 2.45. The van der Waals surface area contributed by atoms with E-state index in [0.717, 1.165) is 19.3 Å². The molecule has 0 saturated carbocycles. The van der Waals surface area contributed by atoms with E-state index in [4.69, 9.17) is 0 Å². The van der Waals surface area contributed by atoms with Crippen LogP contribution in [0.1, 0.15) is 109 Å². The minimum Gasteiger partial charge on any atom is -0.0839 e. The maximum Gasteiger partial charge on any atom is 0.0348 e. The predicted molar refractivity (Wildman–Crippen MR) is 204 cm³/mol. The number of rotatable bonds is 7. The molecule has 2 unspecified atom stereocenters. The van der Waals surface area contributed by atoms with Gasteiger partial charge in [0.15, 0.2) is 0 Å². The first-order valence-corrected chi connectivity index (χ1v) is 17.8. The lowest BCUT2D eigenvalue weighted by Crippen LogP contribution is -2.21. The van der Waals surface area contributed by atoms with E-state index in [0.29, 0.717) is 5.92 Å². The molecule has 2 atom stereocenters. The van der Waals surface area contributed by atoms with E-state index >= 15 is 0 Å². The molecule has 0 fully saturated rings. The molecule has 5 aromatic carbocycles. The SMILES string of the molecule is CC.CC.CCCC(C)(CC)c1ccc2ccccc2c1-c1cccc(-c2ccc(C3C4=C(CCC=C4)c4ccccc43)cc2)c1. The Labute approximate surface area is 278 Å². The number of benzene rings is 5. The van der Waals surface area contributed by atoms with Crippen molar-refractivity contribution in [2.45, 2.75) is 91.9 Å². The Hall–Kier alpha value is -4.16. The van der Waals surface area contributed by atoms with Crippen molar-refractivity contribution in [3.05, 3.63) is 149 Å². The highest BCUT2D eigenvalue weighted by molar-refractivity contribution is 5.99. The van der Waals surface area contributed by atoms with E-state index in [2.05, 4.69) is 142 Å². The van der Waals surface area contributed by atoms with Gasteiger partial charge in [-0.25, -0.2) is 0 Å². The summed E-state index contributed by atoms with van der Waals surface area (Å²) in [4.78, 5) is 0. The third kappa shape index (κ3) is 6.15. The van der Waals surface area contributed by atoms with Gasteiger partial charge in [-0.2, -0.15) is 0 Å². The lowest BCUT2D eigenvalue weighted by atomic mass is 9.72. The molecule has 2 aliphatic carbocycles. The molecule has 2 aliphatic rings. The van der Waals surface area contributed by atoms with E-state index in [9.17, 15) is 0 Å². The Bertz CT molecular complexity index is 1830.